The zero-order valence-electron chi connectivity index (χ0n) is 2.93. The molecule has 0 saturated carbocycles. The Morgan fingerprint density at radius 3 is 1.29 bits per heavy atom. The first-order valence-electron chi connectivity index (χ1n) is 0.612. The van der Waals surface area contributed by atoms with Gasteiger partial charge in [-0.15, -0.1) is 0 Å². The Bertz CT molecular complexity index is 32.7. The van der Waals surface area contributed by atoms with Crippen LogP contribution in [0, 0.1) is 0 Å². The van der Waals surface area contributed by atoms with Gasteiger partial charge in [0, 0.05) is 0 Å². The van der Waals surface area contributed by atoms with Crippen LogP contribution in [-0.4, -0.2) is 57.7 Å². The van der Waals surface area contributed by atoms with Gasteiger partial charge in [0.25, 0.3) is 0 Å². The summed E-state index contributed by atoms with van der Waals surface area (Å²) in [4.78, 5) is 8.33. The second-order valence-corrected chi connectivity index (χ2v) is 0.250. The molecule has 0 amide bonds. The second kappa shape index (κ2) is 15.9. The van der Waals surface area contributed by atoms with Gasteiger partial charge in [-0.2, -0.15) is 0 Å². The summed E-state index contributed by atoms with van der Waals surface area (Å²) in [6.07, 6.45) is -2.33. The van der Waals surface area contributed by atoms with Crippen LogP contribution in [0.2, 0.25) is 0 Å². The first-order valence-corrected chi connectivity index (χ1v) is 0.612. The van der Waals surface area contributed by atoms with Crippen LogP contribution in [0.5, 0.6) is 0 Å². The molecule has 0 radical (unpaired) electrons. The van der Waals surface area contributed by atoms with Crippen LogP contribution in [0.1, 0.15) is 0 Å². The minimum absolute atomic E-state index is 0. The van der Waals surface area contributed by atoms with Crippen LogP contribution in [0.25, 0.3) is 0 Å². The average molecular weight is 129 g/mol. The molecule has 0 spiro atoms. The van der Waals surface area contributed by atoms with Crippen LogP contribution >= 0.6 is 0 Å². The molecule has 2 N–H and O–H groups in total. The monoisotopic (exact) mass is 128 g/mol. The summed E-state index contributed by atoms with van der Waals surface area (Å²) in [6, 6.07) is 0. The number of rotatable bonds is 0. The van der Waals surface area contributed by atoms with E-state index in [-0.39, 0.29) is 51.6 Å². The van der Waals surface area contributed by atoms with Crippen LogP contribution in [0.4, 0.5) is 4.79 Å². The summed E-state index contributed by atoms with van der Waals surface area (Å²) in [5.74, 6) is 0. The van der Waals surface area contributed by atoms with E-state index in [1.54, 1.807) is 0 Å². The number of carboxylic acid groups (broad SMARTS) is 2. The molecule has 36 valence electrons. The zero-order chi connectivity index (χ0) is 3.58. The third-order valence-corrected chi connectivity index (χ3v) is 0. The van der Waals surface area contributed by atoms with Crippen LogP contribution < -0.4 is 10.2 Å². The van der Waals surface area contributed by atoms with Gasteiger partial charge in [-0.25, -0.2) is 0 Å². The molecular weight excluding hydrogens is 125 g/mol. The molecule has 7 heavy (non-hydrogen) atoms. The van der Waals surface area contributed by atoms with Crippen molar-refractivity contribution in [2.24, 2.45) is 0 Å². The van der Waals surface area contributed by atoms with Crippen molar-refractivity contribution in [2.75, 3.05) is 0 Å². The Labute approximate surface area is 72.5 Å². The van der Waals surface area contributed by atoms with Crippen molar-refractivity contribution in [3.05, 3.63) is 0 Å². The number of hydrogen-bond acceptors (Lipinski definition) is 3. The molecule has 0 aliphatic carbocycles. The van der Waals surface area contributed by atoms with Gasteiger partial charge in [0.2, 0.25) is 0 Å². The molecule has 4 nitrogen and oxygen atoms in total. The Hall–Kier alpha value is 0.762. The van der Waals surface area contributed by atoms with Gasteiger partial charge in [0.05, 0.1) is 0 Å². The number of carbonyl (C=O) groups excluding carboxylic acids is 1. The van der Waals surface area contributed by atoms with Crippen molar-refractivity contribution < 1.29 is 20.5 Å². The third kappa shape index (κ3) is 264. The summed E-state index contributed by atoms with van der Waals surface area (Å²) in [5.41, 5.74) is 0. The summed E-state index contributed by atoms with van der Waals surface area (Å²) in [7, 11) is 0. The predicted octanol–water partition coefficient (Wildman–Crippen LogP) is -4.57. The summed E-state index contributed by atoms with van der Waals surface area (Å²) in [6.45, 7) is 0. The molecule has 0 fully saturated rings. The van der Waals surface area contributed by atoms with Crippen molar-refractivity contribution in [1.82, 2.24) is 0 Å². The largest absolute Gasteiger partial charge is 2.00 e. The first-order chi connectivity index (χ1) is 1.73. The second-order valence-electron chi connectivity index (χ2n) is 0.250. The molecule has 0 aromatic rings. The van der Waals surface area contributed by atoms with Crippen molar-refractivity contribution in [3.63, 3.8) is 0 Å². The third-order valence-electron chi connectivity index (χ3n) is 0. The van der Waals surface area contributed by atoms with E-state index in [0.29, 0.717) is 0 Å². The summed E-state index contributed by atoms with van der Waals surface area (Å²) in [5, 5.41) is 16.7. The number of carbonyl (C=O) groups is 1. The Balaban J connectivity index is -0.0000000150. The maximum atomic E-state index is 8.33. The van der Waals surface area contributed by atoms with Gasteiger partial charge in [0.1, 0.15) is 0 Å². The molecule has 6 heteroatoms. The van der Waals surface area contributed by atoms with E-state index >= 15 is 0 Å². The first kappa shape index (κ1) is 25.1. The van der Waals surface area contributed by atoms with E-state index < -0.39 is 6.16 Å². The van der Waals surface area contributed by atoms with E-state index in [1.165, 1.54) is 0 Å². The van der Waals surface area contributed by atoms with E-state index in [2.05, 4.69) is 0 Å². The van der Waals surface area contributed by atoms with E-state index in [0.717, 1.165) is 0 Å². The topological polar surface area (TPSA) is 94.7 Å². The molecule has 0 rings (SSSR count). The molecular formula is CH4Mg2O4. The van der Waals surface area contributed by atoms with Crippen molar-refractivity contribution in [3.8, 4) is 0 Å². The maximum Gasteiger partial charge on any atom is 2.00 e. The fourth-order valence-corrected chi connectivity index (χ4v) is 0. The SMILES string of the molecule is O.O=C([O-])[O-].[Mg+2].[MgH2]. The molecule has 0 aliphatic heterocycles. The van der Waals surface area contributed by atoms with Crippen LogP contribution in [0.3, 0.4) is 0 Å². The average Bonchev–Trinajstić information content (AvgIpc) is 0.811. The molecule has 0 unspecified atom stereocenters. The van der Waals surface area contributed by atoms with Gasteiger partial charge >= 0.3 is 46.1 Å². The van der Waals surface area contributed by atoms with Crippen molar-refractivity contribution in [1.29, 1.82) is 0 Å². The van der Waals surface area contributed by atoms with E-state index in [1.807, 2.05) is 0 Å². The summed E-state index contributed by atoms with van der Waals surface area (Å²) >= 11 is 0. The Morgan fingerprint density at radius 2 is 1.29 bits per heavy atom. The molecule has 0 atom stereocenters. The molecule has 0 saturated heterocycles. The molecule has 0 aliphatic rings. The predicted molar refractivity (Wildman–Crippen MR) is 23.3 cm³/mol. The van der Waals surface area contributed by atoms with Crippen molar-refractivity contribution >= 4 is 52.3 Å². The van der Waals surface area contributed by atoms with E-state index in [9.17, 15) is 0 Å². The maximum absolute atomic E-state index is 8.33. The van der Waals surface area contributed by atoms with E-state index in [4.69, 9.17) is 15.0 Å². The fourth-order valence-electron chi connectivity index (χ4n) is 0. The summed E-state index contributed by atoms with van der Waals surface area (Å²) < 4.78 is 0. The van der Waals surface area contributed by atoms with Crippen LogP contribution in [0.15, 0.2) is 0 Å². The van der Waals surface area contributed by atoms with Gasteiger partial charge in [-0.1, -0.05) is 0 Å². The minimum atomic E-state index is -2.33. The normalized spacial score (nSPS) is 3.43. The molecule has 0 aromatic carbocycles. The van der Waals surface area contributed by atoms with Crippen LogP contribution in [-0.2, 0) is 0 Å². The number of hydrogen-bond donors (Lipinski definition) is 0. The Morgan fingerprint density at radius 1 is 1.29 bits per heavy atom. The van der Waals surface area contributed by atoms with Gasteiger partial charge in [-0.3, -0.25) is 0 Å². The van der Waals surface area contributed by atoms with Gasteiger partial charge in [0.15, 0.2) is 0 Å². The van der Waals surface area contributed by atoms with Gasteiger partial charge < -0.3 is 20.5 Å². The standard InChI is InChI=1S/CH2O3.2Mg.H2O.2H/c2-1(3)4;;;;;/h(H2,2,3,4);;;1H2;;/q;;+2;;;/p-2. The Kier molecular flexibility index (Phi) is 56.8. The van der Waals surface area contributed by atoms with Gasteiger partial charge in [-0.05, 0) is 6.16 Å². The fraction of sp³-hybridized carbons (Fsp3) is 0. The smallest absolute Gasteiger partial charge is 0.652 e. The zero-order valence-corrected chi connectivity index (χ0v) is 4.35. The molecule has 0 bridgehead atoms. The minimum Gasteiger partial charge on any atom is -0.652 e. The molecule has 0 heterocycles. The van der Waals surface area contributed by atoms with Crippen molar-refractivity contribution in [2.45, 2.75) is 0 Å². The molecule has 0 aromatic heterocycles. The quantitative estimate of drug-likeness (QED) is 0.308.